The van der Waals surface area contributed by atoms with Gasteiger partial charge in [-0.1, -0.05) is 13.0 Å². The summed E-state index contributed by atoms with van der Waals surface area (Å²) in [5, 5.41) is 4.85. The quantitative estimate of drug-likeness (QED) is 0.425. The summed E-state index contributed by atoms with van der Waals surface area (Å²) in [4.78, 5) is 42.8. The van der Waals surface area contributed by atoms with Crippen LogP contribution in [0.4, 0.5) is 33.9 Å². The highest BCUT2D eigenvalue weighted by atomic mass is 19.3. The molecule has 1 fully saturated rings. The monoisotopic (exact) mass is 524 g/mol. The van der Waals surface area contributed by atoms with E-state index in [2.05, 4.69) is 15.6 Å². The maximum absolute atomic E-state index is 14.5. The first-order valence-electron chi connectivity index (χ1n) is 11.5. The number of carbonyl (C=O) groups excluding carboxylic acids is 3. The van der Waals surface area contributed by atoms with Crippen LogP contribution >= 0.6 is 0 Å². The van der Waals surface area contributed by atoms with Gasteiger partial charge < -0.3 is 15.0 Å². The van der Waals surface area contributed by atoms with E-state index in [1.165, 1.54) is 19.2 Å². The summed E-state index contributed by atoms with van der Waals surface area (Å²) in [5.41, 5.74) is -0.214. The van der Waals surface area contributed by atoms with Crippen molar-refractivity contribution < 1.29 is 36.7 Å². The van der Waals surface area contributed by atoms with Gasteiger partial charge in [-0.15, -0.1) is 0 Å². The van der Waals surface area contributed by atoms with Crippen molar-refractivity contribution in [2.75, 3.05) is 17.2 Å². The van der Waals surface area contributed by atoms with Crippen molar-refractivity contribution in [1.82, 2.24) is 9.88 Å². The van der Waals surface area contributed by atoms with Crippen LogP contribution in [0.1, 0.15) is 51.3 Å². The number of likely N-dealkylation sites (tertiary alicyclic amines) is 1. The van der Waals surface area contributed by atoms with E-state index in [0.29, 0.717) is 5.56 Å². The molecule has 0 radical (unpaired) electrons. The Morgan fingerprint density at radius 1 is 1.11 bits per heavy atom. The van der Waals surface area contributed by atoms with Gasteiger partial charge in [0.1, 0.15) is 11.4 Å². The van der Waals surface area contributed by atoms with E-state index in [1.54, 1.807) is 27.7 Å². The van der Waals surface area contributed by atoms with E-state index in [4.69, 9.17) is 4.74 Å². The summed E-state index contributed by atoms with van der Waals surface area (Å²) in [6, 6.07) is 2.74. The van der Waals surface area contributed by atoms with E-state index in [1.807, 2.05) is 0 Å². The molecule has 1 aromatic heterocycles. The van der Waals surface area contributed by atoms with Crippen LogP contribution in [0.3, 0.4) is 0 Å². The molecule has 3 rings (SSSR count). The summed E-state index contributed by atoms with van der Waals surface area (Å²) in [6.45, 7) is 7.46. The second-order valence-corrected chi connectivity index (χ2v) is 9.98. The number of hydrogen-bond acceptors (Lipinski definition) is 5. The number of nitrogens with one attached hydrogen (secondary N) is 2. The van der Waals surface area contributed by atoms with E-state index in [0.717, 1.165) is 23.1 Å². The Bertz CT molecular complexity index is 1220. The fraction of sp³-hybridized carbons (Fsp3) is 0.440. The summed E-state index contributed by atoms with van der Waals surface area (Å²) >= 11 is 0. The Morgan fingerprint density at radius 3 is 2.38 bits per heavy atom. The Hall–Kier alpha value is -3.70. The third-order valence-electron chi connectivity index (χ3n) is 5.77. The van der Waals surface area contributed by atoms with Crippen LogP contribution in [0.5, 0.6) is 0 Å². The molecule has 37 heavy (non-hydrogen) atoms. The molecule has 8 nitrogen and oxygen atoms in total. The molecule has 0 aliphatic carbocycles. The minimum Gasteiger partial charge on any atom is -0.444 e. The Morgan fingerprint density at radius 2 is 1.78 bits per heavy atom. The number of amides is 3. The van der Waals surface area contributed by atoms with Gasteiger partial charge in [-0.05, 0) is 57.0 Å². The second-order valence-electron chi connectivity index (χ2n) is 9.98. The van der Waals surface area contributed by atoms with E-state index in [9.17, 15) is 31.9 Å². The summed E-state index contributed by atoms with van der Waals surface area (Å²) in [5.74, 6) is -8.96. The molecule has 0 unspecified atom stereocenters. The lowest BCUT2D eigenvalue weighted by Gasteiger charge is -2.42. The van der Waals surface area contributed by atoms with Crippen molar-refractivity contribution in [2.45, 2.75) is 58.6 Å². The lowest BCUT2D eigenvalue weighted by Crippen LogP contribution is -2.52. The molecular weight excluding hydrogens is 496 g/mol. The maximum atomic E-state index is 14.5. The molecule has 2 N–H and O–H groups in total. The van der Waals surface area contributed by atoms with Crippen molar-refractivity contribution in [3.63, 3.8) is 0 Å². The zero-order valence-corrected chi connectivity index (χ0v) is 21.0. The molecule has 12 heteroatoms. The van der Waals surface area contributed by atoms with Gasteiger partial charge in [0.2, 0.25) is 0 Å². The zero-order chi connectivity index (χ0) is 27.7. The molecule has 2 heterocycles. The van der Waals surface area contributed by atoms with Gasteiger partial charge in [0.25, 0.3) is 5.92 Å². The Balaban J connectivity index is 1.77. The third-order valence-corrected chi connectivity index (χ3v) is 5.77. The number of ether oxygens (including phenoxy) is 1. The molecule has 1 aliphatic heterocycles. The number of aromatic nitrogens is 1. The van der Waals surface area contributed by atoms with Gasteiger partial charge in [-0.2, -0.15) is 0 Å². The van der Waals surface area contributed by atoms with Gasteiger partial charge in [-0.3, -0.25) is 14.9 Å². The lowest BCUT2D eigenvalue weighted by atomic mass is 9.86. The topological polar surface area (TPSA) is 101 Å². The first kappa shape index (κ1) is 27.9. The average Bonchev–Trinajstić information content (AvgIpc) is 2.77. The minimum atomic E-state index is -3.19. The molecular formula is C25H28F4N4O4. The number of anilines is 2. The van der Waals surface area contributed by atoms with Crippen molar-refractivity contribution >= 4 is 29.4 Å². The molecule has 0 saturated carbocycles. The first-order valence-corrected chi connectivity index (χ1v) is 11.5. The number of nitrogens with zero attached hydrogens (tertiary/aromatic N) is 2. The number of pyridine rings is 1. The van der Waals surface area contributed by atoms with Crippen LogP contribution in [0.15, 0.2) is 30.5 Å². The molecule has 1 aliphatic rings. The SMILES string of the molecule is Cc1cc(NC(=O)C(=O)N2C[C@H](C)C(F)(F)C[C@H]2c2ccc(F)c(F)c2)cnc1NC(=O)OC(C)(C)C. The second kappa shape index (κ2) is 10.3. The van der Waals surface area contributed by atoms with E-state index < -0.39 is 66.0 Å². The molecule has 2 aromatic rings. The highest BCUT2D eigenvalue weighted by Crippen LogP contribution is 2.43. The van der Waals surface area contributed by atoms with Crippen molar-refractivity contribution in [3.8, 4) is 0 Å². The van der Waals surface area contributed by atoms with Crippen LogP contribution in [-0.4, -0.2) is 45.9 Å². The van der Waals surface area contributed by atoms with Gasteiger partial charge in [0.15, 0.2) is 11.6 Å². The largest absolute Gasteiger partial charge is 0.444 e. The molecule has 0 bridgehead atoms. The van der Waals surface area contributed by atoms with E-state index >= 15 is 0 Å². The average molecular weight is 525 g/mol. The van der Waals surface area contributed by atoms with Crippen LogP contribution in [0, 0.1) is 24.5 Å². The molecule has 200 valence electrons. The predicted molar refractivity (Wildman–Crippen MR) is 127 cm³/mol. The molecule has 1 aromatic carbocycles. The standard InChI is InChI=1S/C25H28F4N4O4/c1-13-8-16(11-30-20(13)32-23(36)37-24(3,4)5)31-21(34)22(35)33-12-14(2)25(28,29)10-19(33)15-6-7-17(26)18(27)9-15/h6-9,11,14,19H,10,12H2,1-5H3,(H,31,34)(H,30,32,36)/t14-,19-/m0/s1. The number of hydrogen-bond donors (Lipinski definition) is 2. The summed E-state index contributed by atoms with van der Waals surface area (Å²) in [7, 11) is 0. The smallest absolute Gasteiger partial charge is 0.413 e. The zero-order valence-electron chi connectivity index (χ0n) is 21.0. The van der Waals surface area contributed by atoms with Crippen molar-refractivity contribution in [2.24, 2.45) is 5.92 Å². The number of halogens is 4. The number of benzene rings is 1. The summed E-state index contributed by atoms with van der Waals surface area (Å²) in [6.07, 6.45) is -0.386. The Kier molecular flexibility index (Phi) is 7.80. The molecule has 0 spiro atoms. The molecule has 2 atom stereocenters. The summed E-state index contributed by atoms with van der Waals surface area (Å²) < 4.78 is 61.4. The normalized spacial score (nSPS) is 19.2. The van der Waals surface area contributed by atoms with Crippen molar-refractivity contribution in [1.29, 1.82) is 0 Å². The Labute approximate surface area is 211 Å². The number of aryl methyl sites for hydroxylation is 1. The van der Waals surface area contributed by atoms with E-state index in [-0.39, 0.29) is 17.1 Å². The highest BCUT2D eigenvalue weighted by Gasteiger charge is 2.48. The molecule has 3 amide bonds. The van der Waals surface area contributed by atoms with Crippen LogP contribution in [0.2, 0.25) is 0 Å². The number of carbonyl (C=O) groups is 3. The first-order chi connectivity index (χ1) is 17.1. The highest BCUT2D eigenvalue weighted by molar-refractivity contribution is 6.39. The van der Waals surface area contributed by atoms with Crippen LogP contribution in [0.25, 0.3) is 0 Å². The fourth-order valence-electron chi connectivity index (χ4n) is 3.86. The van der Waals surface area contributed by atoms with Crippen LogP contribution in [-0.2, 0) is 14.3 Å². The van der Waals surface area contributed by atoms with Gasteiger partial charge in [-0.25, -0.2) is 27.3 Å². The van der Waals surface area contributed by atoms with Crippen molar-refractivity contribution in [3.05, 3.63) is 53.2 Å². The van der Waals surface area contributed by atoms with Gasteiger partial charge in [0, 0.05) is 18.9 Å². The van der Waals surface area contributed by atoms with Crippen LogP contribution < -0.4 is 10.6 Å². The minimum absolute atomic E-state index is 0.0540. The number of piperidine rings is 1. The number of rotatable bonds is 3. The van der Waals surface area contributed by atoms with Gasteiger partial charge in [0.05, 0.1) is 17.9 Å². The molecule has 1 saturated heterocycles. The fourth-order valence-corrected chi connectivity index (χ4v) is 3.86. The predicted octanol–water partition coefficient (Wildman–Crippen LogP) is 5.20. The maximum Gasteiger partial charge on any atom is 0.413 e. The number of alkyl halides is 2. The lowest BCUT2D eigenvalue weighted by molar-refractivity contribution is -0.159. The van der Waals surface area contributed by atoms with Gasteiger partial charge >= 0.3 is 17.9 Å². The third kappa shape index (κ3) is 6.75.